The fourth-order valence-corrected chi connectivity index (χ4v) is 2.76. The number of Topliss-reactive ketones (excluding diaryl/α,β-unsaturated/α-hetero) is 2. The second-order valence-corrected chi connectivity index (χ2v) is 5.63. The molecule has 11 heteroatoms. The van der Waals surface area contributed by atoms with Crippen LogP contribution >= 0.6 is 0 Å². The Morgan fingerprint density at radius 2 is 2.28 bits per heavy atom. The molecule has 128 valence electrons. The fraction of sp³-hybridized carbons (Fsp3) is 0.286. The van der Waals surface area contributed by atoms with Gasteiger partial charge >= 0.3 is 7.12 Å². The maximum atomic E-state index is 12.3. The van der Waals surface area contributed by atoms with E-state index in [0.29, 0.717) is 17.7 Å². The summed E-state index contributed by atoms with van der Waals surface area (Å²) in [6.45, 7) is 1.41. The van der Waals surface area contributed by atoms with Gasteiger partial charge in [0.25, 0.3) is 0 Å². The van der Waals surface area contributed by atoms with Crippen molar-refractivity contribution < 1.29 is 24.5 Å². The Labute approximate surface area is 142 Å². The monoisotopic (exact) mass is 343 g/mol. The minimum Gasteiger partial charge on any atom is -0.535 e. The first-order chi connectivity index (χ1) is 12.0. The number of carbonyl (C=O) groups is 2. The van der Waals surface area contributed by atoms with Gasteiger partial charge in [-0.25, -0.2) is 0 Å². The molecule has 1 aromatic heterocycles. The number of oxime groups is 1. The van der Waals surface area contributed by atoms with Crippen LogP contribution in [0.15, 0.2) is 23.4 Å². The lowest BCUT2D eigenvalue weighted by Gasteiger charge is -2.28. The van der Waals surface area contributed by atoms with E-state index in [1.807, 2.05) is 0 Å². The van der Waals surface area contributed by atoms with E-state index in [1.165, 1.54) is 6.92 Å². The molecule has 0 amide bonds. The Hall–Kier alpha value is -3.08. The molecule has 1 atom stereocenters. The molecule has 0 saturated carbocycles. The average Bonchev–Trinajstić information content (AvgIpc) is 3.09. The number of hydrogen-bond acceptors (Lipinski definition) is 9. The van der Waals surface area contributed by atoms with Crippen molar-refractivity contribution >= 4 is 24.4 Å². The van der Waals surface area contributed by atoms with Crippen molar-refractivity contribution in [3.63, 3.8) is 0 Å². The molecular weight excluding hydrogens is 329 g/mol. The predicted molar refractivity (Wildman–Crippen MR) is 84.6 cm³/mol. The van der Waals surface area contributed by atoms with Gasteiger partial charge in [-0.05, 0) is 30.2 Å². The van der Waals surface area contributed by atoms with Gasteiger partial charge in [0.15, 0.2) is 17.3 Å². The van der Waals surface area contributed by atoms with Crippen LogP contribution in [0.25, 0.3) is 0 Å². The molecular formula is C14H14BN5O5. The lowest BCUT2D eigenvalue weighted by Crippen LogP contribution is -2.36. The molecule has 0 saturated heterocycles. The van der Waals surface area contributed by atoms with E-state index < -0.39 is 18.7 Å². The Morgan fingerprint density at radius 1 is 1.48 bits per heavy atom. The molecule has 2 heterocycles. The number of rotatable bonds is 5. The van der Waals surface area contributed by atoms with E-state index in [1.54, 1.807) is 18.2 Å². The van der Waals surface area contributed by atoms with Crippen LogP contribution in [0.5, 0.6) is 5.75 Å². The molecule has 0 bridgehead atoms. The van der Waals surface area contributed by atoms with Crippen molar-refractivity contribution in [2.75, 3.05) is 0 Å². The van der Waals surface area contributed by atoms with Crippen molar-refractivity contribution in [3.8, 4) is 5.75 Å². The van der Waals surface area contributed by atoms with Gasteiger partial charge in [0, 0.05) is 12.2 Å². The Morgan fingerprint density at radius 3 is 2.92 bits per heavy atom. The van der Waals surface area contributed by atoms with Crippen molar-refractivity contribution in [2.24, 2.45) is 5.16 Å². The Balaban J connectivity index is 1.80. The third-order valence-corrected chi connectivity index (χ3v) is 3.97. The molecule has 25 heavy (non-hydrogen) atoms. The molecule has 0 radical (unpaired) electrons. The first-order valence-corrected chi connectivity index (χ1v) is 7.48. The highest BCUT2D eigenvalue weighted by molar-refractivity contribution is 6.50. The number of nitrogens with one attached hydrogen (secondary N) is 1. The standard InChI is InChI=1S/C14H14BN5O5/c1-7(21)10-4-2-3-8-5-9(15(23)25-13(8)10)6-11(22)12(18-24)14-16-19-20-17-14/h2-4,9,23-24H,5-6H2,1H3,(H,16,17,19,20)/b18-12-/t9-/m1/s1. The van der Waals surface area contributed by atoms with Gasteiger partial charge in [-0.1, -0.05) is 17.3 Å². The molecule has 3 N–H and O–H groups in total. The summed E-state index contributed by atoms with van der Waals surface area (Å²) in [5.74, 6) is -1.13. The quantitative estimate of drug-likeness (QED) is 0.226. The van der Waals surface area contributed by atoms with E-state index >= 15 is 0 Å². The number of fused-ring (bicyclic) bond motifs is 1. The average molecular weight is 343 g/mol. The van der Waals surface area contributed by atoms with E-state index in [9.17, 15) is 14.6 Å². The summed E-state index contributed by atoms with van der Waals surface area (Å²) in [5.41, 5.74) is 0.743. The smallest absolute Gasteiger partial charge is 0.526 e. The SMILES string of the molecule is CC(=O)c1cccc2c1OB(O)[C@@H](CC(=O)/C(=N/O)c1nn[nH]n1)C2. The topological polar surface area (TPSA) is 151 Å². The molecule has 3 rings (SSSR count). The van der Waals surface area contributed by atoms with Crippen molar-refractivity contribution in [3.05, 3.63) is 35.2 Å². The third kappa shape index (κ3) is 3.26. The third-order valence-electron chi connectivity index (χ3n) is 3.97. The molecule has 0 unspecified atom stereocenters. The van der Waals surface area contributed by atoms with Crippen LogP contribution in [-0.4, -0.2) is 55.3 Å². The number of benzene rings is 1. The minimum absolute atomic E-state index is 0.141. The number of tetrazole rings is 1. The van der Waals surface area contributed by atoms with Crippen LogP contribution in [0.2, 0.25) is 5.82 Å². The number of H-pyrrole nitrogens is 1. The van der Waals surface area contributed by atoms with Crippen LogP contribution in [0.3, 0.4) is 0 Å². The first-order valence-electron chi connectivity index (χ1n) is 7.48. The van der Waals surface area contributed by atoms with E-state index in [4.69, 9.17) is 9.86 Å². The van der Waals surface area contributed by atoms with Crippen LogP contribution in [0.1, 0.15) is 35.1 Å². The molecule has 2 aromatic rings. The van der Waals surface area contributed by atoms with Gasteiger partial charge in [-0.3, -0.25) is 9.59 Å². The number of para-hydroxylation sites is 1. The van der Waals surface area contributed by atoms with Crippen molar-refractivity contribution in [1.29, 1.82) is 0 Å². The predicted octanol–water partition coefficient (Wildman–Crippen LogP) is 0.0256. The van der Waals surface area contributed by atoms with E-state index in [-0.39, 0.29) is 23.7 Å². The van der Waals surface area contributed by atoms with Gasteiger partial charge in [-0.15, -0.1) is 10.2 Å². The first kappa shape index (κ1) is 16.8. The fourth-order valence-electron chi connectivity index (χ4n) is 2.76. The second-order valence-electron chi connectivity index (χ2n) is 5.63. The molecule has 0 spiro atoms. The van der Waals surface area contributed by atoms with Gasteiger partial charge in [0.05, 0.1) is 5.56 Å². The van der Waals surface area contributed by atoms with Crippen LogP contribution in [-0.2, 0) is 11.2 Å². The van der Waals surface area contributed by atoms with Crippen molar-refractivity contribution in [1.82, 2.24) is 20.6 Å². The second kappa shape index (κ2) is 6.81. The summed E-state index contributed by atoms with van der Waals surface area (Å²) in [5, 5.41) is 34.8. The van der Waals surface area contributed by atoms with E-state index in [0.717, 1.165) is 5.56 Å². The molecule has 1 aliphatic rings. The summed E-state index contributed by atoms with van der Waals surface area (Å²) >= 11 is 0. The van der Waals surface area contributed by atoms with Crippen LogP contribution < -0.4 is 4.65 Å². The highest BCUT2D eigenvalue weighted by atomic mass is 16.5. The summed E-state index contributed by atoms with van der Waals surface area (Å²) in [6.07, 6.45) is 0.174. The number of ketones is 2. The molecule has 0 fully saturated rings. The number of aromatic amines is 1. The van der Waals surface area contributed by atoms with Crippen LogP contribution in [0, 0.1) is 0 Å². The Bertz CT molecular complexity index is 838. The molecule has 1 aliphatic heterocycles. The van der Waals surface area contributed by atoms with Gasteiger partial charge in [-0.2, -0.15) is 5.21 Å². The number of hydrogen-bond donors (Lipinski definition) is 3. The highest BCUT2D eigenvalue weighted by Crippen LogP contribution is 2.36. The van der Waals surface area contributed by atoms with Gasteiger partial charge in [0.2, 0.25) is 5.82 Å². The maximum Gasteiger partial charge on any atom is 0.526 e. The summed E-state index contributed by atoms with van der Waals surface area (Å²) in [7, 11) is -1.28. The summed E-state index contributed by atoms with van der Waals surface area (Å²) < 4.78 is 5.47. The van der Waals surface area contributed by atoms with Gasteiger partial charge in [0.1, 0.15) is 5.75 Å². The van der Waals surface area contributed by atoms with E-state index in [2.05, 4.69) is 25.8 Å². The number of nitrogens with zero attached hydrogens (tertiary/aromatic N) is 4. The molecule has 0 aliphatic carbocycles. The zero-order valence-corrected chi connectivity index (χ0v) is 13.2. The minimum atomic E-state index is -1.28. The zero-order chi connectivity index (χ0) is 18.0. The lowest BCUT2D eigenvalue weighted by atomic mass is 9.64. The van der Waals surface area contributed by atoms with Crippen LogP contribution in [0.4, 0.5) is 0 Å². The molecule has 10 nitrogen and oxygen atoms in total. The zero-order valence-electron chi connectivity index (χ0n) is 13.2. The summed E-state index contributed by atoms with van der Waals surface area (Å²) in [6, 6.07) is 5.10. The van der Waals surface area contributed by atoms with Crippen molar-refractivity contribution in [2.45, 2.75) is 25.6 Å². The van der Waals surface area contributed by atoms with Gasteiger partial charge < -0.3 is 14.9 Å². The maximum absolute atomic E-state index is 12.3. The normalized spacial score (nSPS) is 17.0. The highest BCUT2D eigenvalue weighted by Gasteiger charge is 2.38. The largest absolute Gasteiger partial charge is 0.535 e. The number of carbonyl (C=O) groups excluding carboxylic acids is 2. The molecule has 1 aromatic carbocycles. The Kier molecular flexibility index (Phi) is 4.57. The number of aromatic nitrogens is 4. The summed E-state index contributed by atoms with van der Waals surface area (Å²) in [4.78, 5) is 24.0. The lowest BCUT2D eigenvalue weighted by molar-refractivity contribution is -0.113.